The summed E-state index contributed by atoms with van der Waals surface area (Å²) >= 11 is 0. The number of H-pyrrole nitrogens is 1. The number of ether oxygens (including phenoxy) is 2. The second-order valence-electron chi connectivity index (χ2n) is 7.96. The Morgan fingerprint density at radius 3 is 2.57 bits per heavy atom. The number of fused-ring (bicyclic) bond motifs is 2. The molecule has 0 atom stereocenters. The van der Waals surface area contributed by atoms with Gasteiger partial charge in [0.05, 0.1) is 5.41 Å². The predicted molar refractivity (Wildman–Crippen MR) is 116 cm³/mol. The highest BCUT2D eigenvalue weighted by molar-refractivity contribution is 6.03. The van der Waals surface area contributed by atoms with E-state index in [1.54, 1.807) is 0 Å². The molecule has 6 rings (SSSR count). The number of hydrogen-bond donors (Lipinski definition) is 2. The number of nitrogens with one attached hydrogen (secondary N) is 2. The van der Waals surface area contributed by atoms with Gasteiger partial charge < -0.3 is 19.8 Å². The Hall–Kier alpha value is -3.73. The van der Waals surface area contributed by atoms with Crippen molar-refractivity contribution in [2.45, 2.75) is 18.3 Å². The number of amides is 1. The predicted octanol–water partition coefficient (Wildman–Crippen LogP) is 5.23. The maximum Gasteiger partial charge on any atom is 0.235 e. The Balaban J connectivity index is 1.27. The first kappa shape index (κ1) is 17.2. The van der Waals surface area contributed by atoms with E-state index in [4.69, 9.17) is 9.47 Å². The number of anilines is 1. The summed E-state index contributed by atoms with van der Waals surface area (Å²) in [5.74, 6) is 1.48. The van der Waals surface area contributed by atoms with Crippen LogP contribution in [-0.4, -0.2) is 17.7 Å². The van der Waals surface area contributed by atoms with Crippen molar-refractivity contribution in [1.82, 2.24) is 4.98 Å². The molecular weight excluding hydrogens is 376 g/mol. The lowest BCUT2D eigenvalue weighted by Gasteiger charge is -2.16. The summed E-state index contributed by atoms with van der Waals surface area (Å²) in [5, 5.41) is 4.20. The Kier molecular flexibility index (Phi) is 3.65. The third-order valence-corrected chi connectivity index (χ3v) is 6.07. The number of aromatic nitrogens is 1. The van der Waals surface area contributed by atoms with Crippen molar-refractivity contribution in [3.63, 3.8) is 0 Å². The van der Waals surface area contributed by atoms with E-state index < -0.39 is 5.41 Å². The van der Waals surface area contributed by atoms with Gasteiger partial charge in [-0.05, 0) is 60.4 Å². The van der Waals surface area contributed by atoms with Crippen LogP contribution in [0.25, 0.3) is 22.2 Å². The highest BCUT2D eigenvalue weighted by atomic mass is 16.7. The van der Waals surface area contributed by atoms with Crippen LogP contribution in [0.1, 0.15) is 18.4 Å². The van der Waals surface area contributed by atoms with Crippen molar-refractivity contribution in [2.24, 2.45) is 0 Å². The van der Waals surface area contributed by atoms with E-state index in [0.717, 1.165) is 52.0 Å². The van der Waals surface area contributed by atoms with Crippen LogP contribution >= 0.6 is 0 Å². The molecule has 1 aromatic heterocycles. The van der Waals surface area contributed by atoms with Crippen LogP contribution in [0.3, 0.4) is 0 Å². The molecule has 1 saturated carbocycles. The Bertz CT molecular complexity index is 1270. The first-order valence-corrected chi connectivity index (χ1v) is 10.1. The summed E-state index contributed by atoms with van der Waals surface area (Å²) < 4.78 is 10.9. The first-order chi connectivity index (χ1) is 14.7. The van der Waals surface area contributed by atoms with Crippen molar-refractivity contribution in [2.75, 3.05) is 12.1 Å². The smallest absolute Gasteiger partial charge is 0.235 e. The molecule has 3 aromatic carbocycles. The lowest BCUT2D eigenvalue weighted by Crippen LogP contribution is -2.27. The second kappa shape index (κ2) is 6.39. The third kappa shape index (κ3) is 2.74. The summed E-state index contributed by atoms with van der Waals surface area (Å²) in [6.45, 7) is 0.236. The molecule has 0 spiro atoms. The molecule has 148 valence electrons. The zero-order valence-corrected chi connectivity index (χ0v) is 16.3. The fourth-order valence-corrected chi connectivity index (χ4v) is 4.20. The molecule has 2 heterocycles. The largest absolute Gasteiger partial charge is 0.454 e. The Labute approximate surface area is 173 Å². The van der Waals surface area contributed by atoms with Crippen LogP contribution < -0.4 is 14.8 Å². The molecule has 0 saturated heterocycles. The van der Waals surface area contributed by atoms with E-state index >= 15 is 0 Å². The zero-order valence-electron chi connectivity index (χ0n) is 16.3. The maximum atomic E-state index is 13.2. The summed E-state index contributed by atoms with van der Waals surface area (Å²) in [7, 11) is 0. The summed E-state index contributed by atoms with van der Waals surface area (Å²) in [6, 6.07) is 24.1. The summed E-state index contributed by atoms with van der Waals surface area (Å²) in [4.78, 5) is 16.6. The number of carbonyl (C=O) groups is 1. The topological polar surface area (TPSA) is 63.4 Å². The lowest BCUT2D eigenvalue weighted by molar-refractivity contribution is -0.118. The molecular formula is C25H20N2O3. The van der Waals surface area contributed by atoms with Crippen molar-refractivity contribution in [1.29, 1.82) is 0 Å². The second-order valence-corrected chi connectivity index (χ2v) is 7.96. The van der Waals surface area contributed by atoms with Gasteiger partial charge in [0.25, 0.3) is 0 Å². The van der Waals surface area contributed by atoms with Crippen LogP contribution in [0.4, 0.5) is 5.69 Å². The lowest BCUT2D eigenvalue weighted by atomic mass is 9.94. The molecule has 1 fully saturated rings. The minimum absolute atomic E-state index is 0.0273. The van der Waals surface area contributed by atoms with Gasteiger partial charge in [-0.25, -0.2) is 0 Å². The molecule has 0 unspecified atom stereocenters. The molecule has 30 heavy (non-hydrogen) atoms. The van der Waals surface area contributed by atoms with E-state index in [1.807, 2.05) is 54.6 Å². The molecule has 1 aliphatic heterocycles. The highest BCUT2D eigenvalue weighted by Gasteiger charge is 2.51. The van der Waals surface area contributed by atoms with Gasteiger partial charge in [0.2, 0.25) is 12.7 Å². The van der Waals surface area contributed by atoms with Gasteiger partial charge in [0, 0.05) is 22.3 Å². The van der Waals surface area contributed by atoms with Crippen molar-refractivity contribution in [3.05, 3.63) is 78.4 Å². The molecule has 4 aromatic rings. The normalized spacial score (nSPS) is 15.9. The van der Waals surface area contributed by atoms with Crippen LogP contribution in [0.15, 0.2) is 72.8 Å². The molecule has 2 N–H and O–H groups in total. The van der Waals surface area contributed by atoms with Crippen LogP contribution in [0, 0.1) is 0 Å². The molecule has 5 nitrogen and oxygen atoms in total. The SMILES string of the molecule is O=C(Nc1ccc2[nH]c(-c3ccccc3)cc2c1)C1(c2ccc3c(c2)OCO3)CC1. The van der Waals surface area contributed by atoms with E-state index in [0.29, 0.717) is 5.75 Å². The Morgan fingerprint density at radius 2 is 1.73 bits per heavy atom. The molecule has 0 radical (unpaired) electrons. The zero-order chi connectivity index (χ0) is 20.1. The van der Waals surface area contributed by atoms with E-state index in [9.17, 15) is 4.79 Å². The van der Waals surface area contributed by atoms with Crippen molar-refractivity contribution < 1.29 is 14.3 Å². The van der Waals surface area contributed by atoms with Gasteiger partial charge in [-0.1, -0.05) is 36.4 Å². The number of hydrogen-bond acceptors (Lipinski definition) is 3. The van der Waals surface area contributed by atoms with Gasteiger partial charge in [0.1, 0.15) is 0 Å². The van der Waals surface area contributed by atoms with Gasteiger partial charge in [-0.15, -0.1) is 0 Å². The quantitative estimate of drug-likeness (QED) is 0.496. The number of aromatic amines is 1. The fraction of sp³-hybridized carbons (Fsp3) is 0.160. The van der Waals surface area contributed by atoms with Crippen LogP contribution in [0.5, 0.6) is 11.5 Å². The summed E-state index contributed by atoms with van der Waals surface area (Å²) in [5.41, 5.74) is 4.55. The monoisotopic (exact) mass is 396 g/mol. The summed E-state index contributed by atoms with van der Waals surface area (Å²) in [6.07, 6.45) is 1.67. The van der Waals surface area contributed by atoms with Gasteiger partial charge >= 0.3 is 0 Å². The minimum atomic E-state index is -0.483. The van der Waals surface area contributed by atoms with Crippen molar-refractivity contribution >= 4 is 22.5 Å². The van der Waals surface area contributed by atoms with E-state index in [2.05, 4.69) is 28.5 Å². The number of carbonyl (C=O) groups excluding carboxylic acids is 1. The number of rotatable bonds is 4. The van der Waals surface area contributed by atoms with E-state index in [-0.39, 0.29) is 12.7 Å². The molecule has 2 aliphatic rings. The maximum absolute atomic E-state index is 13.2. The minimum Gasteiger partial charge on any atom is -0.454 e. The van der Waals surface area contributed by atoms with Gasteiger partial charge in [0.15, 0.2) is 11.5 Å². The molecule has 0 bridgehead atoms. The van der Waals surface area contributed by atoms with Crippen molar-refractivity contribution in [3.8, 4) is 22.8 Å². The fourth-order valence-electron chi connectivity index (χ4n) is 4.20. The molecule has 1 aliphatic carbocycles. The molecule has 1 amide bonds. The average molecular weight is 396 g/mol. The Morgan fingerprint density at radius 1 is 0.900 bits per heavy atom. The highest BCUT2D eigenvalue weighted by Crippen LogP contribution is 2.51. The first-order valence-electron chi connectivity index (χ1n) is 10.1. The third-order valence-electron chi connectivity index (χ3n) is 6.07. The standard InChI is InChI=1S/C25H20N2O3/c28-24(25(10-11-25)18-6-9-22-23(14-18)30-15-29-22)26-19-7-8-20-17(12-19)13-21(27-20)16-4-2-1-3-5-16/h1-9,12-14,27H,10-11,15H2,(H,26,28). The van der Waals surface area contributed by atoms with Crippen LogP contribution in [0.2, 0.25) is 0 Å². The van der Waals surface area contributed by atoms with Gasteiger partial charge in [-0.2, -0.15) is 0 Å². The van der Waals surface area contributed by atoms with Crippen LogP contribution in [-0.2, 0) is 10.2 Å². The number of benzene rings is 3. The van der Waals surface area contributed by atoms with E-state index in [1.165, 1.54) is 0 Å². The molecule has 5 heteroatoms. The average Bonchev–Trinajstić information content (AvgIpc) is 3.27. The van der Waals surface area contributed by atoms with Gasteiger partial charge in [-0.3, -0.25) is 4.79 Å².